The van der Waals surface area contributed by atoms with E-state index in [0.29, 0.717) is 6.54 Å². The molecule has 0 heterocycles. The van der Waals surface area contributed by atoms with Crippen LogP contribution in [0.5, 0.6) is 5.75 Å². The molecule has 0 amide bonds. The van der Waals surface area contributed by atoms with Crippen LogP contribution in [0, 0.1) is 11.8 Å². The summed E-state index contributed by atoms with van der Waals surface area (Å²) in [5.41, 5.74) is 2.05. The topological polar surface area (TPSA) is 29.3 Å². The van der Waals surface area contributed by atoms with Gasteiger partial charge in [0.25, 0.3) is 0 Å². The van der Waals surface area contributed by atoms with E-state index in [2.05, 4.69) is 0 Å². The summed E-state index contributed by atoms with van der Waals surface area (Å²) in [5, 5.41) is 0. The maximum atomic E-state index is 10.8. The number of nitrogens with zero attached hydrogens (tertiary/aromatic N) is 1. The van der Waals surface area contributed by atoms with Crippen LogP contribution in [0.1, 0.15) is 11.1 Å². The van der Waals surface area contributed by atoms with E-state index in [9.17, 15) is 4.91 Å². The van der Waals surface area contributed by atoms with Gasteiger partial charge in [-0.2, -0.15) is 0 Å². The van der Waals surface area contributed by atoms with Crippen molar-refractivity contribution in [2.75, 3.05) is 14.2 Å². The first-order valence-electron chi connectivity index (χ1n) is 4.16. The molecule has 0 saturated carbocycles. The highest BCUT2D eigenvalue weighted by Gasteiger charge is 2.09. The Kier molecular flexibility index (Phi) is 3.01. The van der Waals surface area contributed by atoms with Crippen LogP contribution in [0.3, 0.4) is 0 Å². The lowest BCUT2D eigenvalue weighted by Crippen LogP contribution is -2.03. The van der Waals surface area contributed by atoms with Crippen molar-refractivity contribution >= 4 is 0 Å². The minimum atomic E-state index is 0.406. The molecule has 0 aromatic heterocycles. The Morgan fingerprint density at radius 3 is 2.69 bits per heavy atom. The third-order valence-electron chi connectivity index (χ3n) is 2.01. The van der Waals surface area contributed by atoms with Crippen molar-refractivity contribution in [3.05, 3.63) is 34.2 Å². The third-order valence-corrected chi connectivity index (χ3v) is 2.01. The minimum Gasteiger partial charge on any atom is -0.496 e. The fraction of sp³-hybridized carbons (Fsp3) is 0.400. The normalized spacial score (nSPS) is 9.77. The number of ether oxygens (including phenoxy) is 1. The Hall–Kier alpha value is -1.38. The van der Waals surface area contributed by atoms with Crippen LogP contribution in [0.15, 0.2) is 18.2 Å². The van der Waals surface area contributed by atoms with Gasteiger partial charge in [-0.15, -0.1) is 0 Å². The molecule has 0 saturated heterocycles. The quantitative estimate of drug-likeness (QED) is 0.665. The Morgan fingerprint density at radius 2 is 2.15 bits per heavy atom. The van der Waals surface area contributed by atoms with Crippen molar-refractivity contribution in [1.82, 2.24) is 0 Å². The van der Waals surface area contributed by atoms with Gasteiger partial charge in [-0.05, 0) is 17.8 Å². The van der Waals surface area contributed by atoms with Crippen molar-refractivity contribution in [3.8, 4) is 5.75 Å². The maximum absolute atomic E-state index is 10.8. The van der Waals surface area contributed by atoms with Crippen molar-refractivity contribution in [2.45, 2.75) is 13.5 Å². The van der Waals surface area contributed by atoms with Crippen LogP contribution in [-0.2, 0) is 6.54 Å². The first-order chi connectivity index (χ1) is 6.15. The Balaban J connectivity index is 3.01. The summed E-state index contributed by atoms with van der Waals surface area (Å²) in [5.74, 6) is 0.833. The molecule has 0 N–H and O–H groups in total. The van der Waals surface area contributed by atoms with Crippen molar-refractivity contribution < 1.29 is 9.50 Å². The molecule has 0 unspecified atom stereocenters. The van der Waals surface area contributed by atoms with E-state index < -0.39 is 0 Å². The highest BCUT2D eigenvalue weighted by atomic mass is 16.5. The van der Waals surface area contributed by atoms with Crippen LogP contribution in [0.4, 0.5) is 0 Å². The van der Waals surface area contributed by atoms with E-state index in [1.54, 1.807) is 7.11 Å². The maximum Gasteiger partial charge on any atom is 0.217 e. The third kappa shape index (κ3) is 2.28. The van der Waals surface area contributed by atoms with Gasteiger partial charge >= 0.3 is 0 Å². The van der Waals surface area contributed by atoms with Crippen molar-refractivity contribution in [3.63, 3.8) is 0 Å². The monoisotopic (exact) mass is 180 g/mol. The molecule has 0 aliphatic rings. The number of benzene rings is 1. The molecule has 0 aliphatic carbocycles. The van der Waals surface area contributed by atoms with Crippen molar-refractivity contribution in [2.24, 2.45) is 0 Å². The minimum absolute atomic E-state index is 0.406. The van der Waals surface area contributed by atoms with Crippen LogP contribution >= 0.6 is 0 Å². The SMILES string of the molecule is COc1cccc(C[N+](C)=O)c1C. The lowest BCUT2D eigenvalue weighted by Gasteiger charge is -2.06. The van der Waals surface area contributed by atoms with Crippen LogP contribution in [0.2, 0.25) is 0 Å². The fourth-order valence-corrected chi connectivity index (χ4v) is 1.29. The second kappa shape index (κ2) is 4.03. The lowest BCUT2D eigenvalue weighted by atomic mass is 10.1. The summed E-state index contributed by atoms with van der Waals surface area (Å²) in [7, 11) is 3.14. The predicted molar refractivity (Wildman–Crippen MR) is 51.0 cm³/mol. The molecule has 3 nitrogen and oxygen atoms in total. The largest absolute Gasteiger partial charge is 0.496 e. The molecule has 0 aliphatic heterocycles. The Bertz CT molecular complexity index is 321. The summed E-state index contributed by atoms with van der Waals surface area (Å²) in [6.45, 7) is 2.36. The first kappa shape index (κ1) is 9.71. The van der Waals surface area contributed by atoms with Gasteiger partial charge in [0.15, 0.2) is 7.05 Å². The number of rotatable bonds is 3. The molecule has 1 aromatic carbocycles. The van der Waals surface area contributed by atoms with E-state index >= 15 is 0 Å². The fourth-order valence-electron chi connectivity index (χ4n) is 1.29. The first-order valence-corrected chi connectivity index (χ1v) is 4.16. The lowest BCUT2D eigenvalue weighted by molar-refractivity contribution is -0.535. The molecule has 0 radical (unpaired) electrons. The number of nitroso groups, excluding NO2 is 1. The molecule has 0 bridgehead atoms. The number of hydrogen-bond donors (Lipinski definition) is 0. The highest BCUT2D eigenvalue weighted by molar-refractivity contribution is 5.38. The van der Waals surface area contributed by atoms with Crippen molar-refractivity contribution in [1.29, 1.82) is 0 Å². The Morgan fingerprint density at radius 1 is 1.46 bits per heavy atom. The van der Waals surface area contributed by atoms with E-state index in [1.165, 1.54) is 7.05 Å². The summed E-state index contributed by atoms with van der Waals surface area (Å²) in [6, 6.07) is 5.72. The summed E-state index contributed by atoms with van der Waals surface area (Å²) in [4.78, 5) is 10.8. The van der Waals surface area contributed by atoms with Gasteiger partial charge in [0.2, 0.25) is 6.54 Å². The molecule has 3 heteroatoms. The summed E-state index contributed by atoms with van der Waals surface area (Å²) >= 11 is 0. The van der Waals surface area contributed by atoms with Gasteiger partial charge in [0.1, 0.15) is 5.75 Å². The van der Waals surface area contributed by atoms with Crippen LogP contribution in [-0.4, -0.2) is 18.9 Å². The van der Waals surface area contributed by atoms with Crippen LogP contribution in [0.25, 0.3) is 0 Å². The molecule has 1 aromatic rings. The second-order valence-corrected chi connectivity index (χ2v) is 3.03. The van der Waals surface area contributed by atoms with Gasteiger partial charge < -0.3 is 4.74 Å². The molecule has 70 valence electrons. The van der Waals surface area contributed by atoms with E-state index in [-0.39, 0.29) is 0 Å². The molecular formula is C10H14NO2+. The highest BCUT2D eigenvalue weighted by Crippen LogP contribution is 2.20. The molecule has 0 fully saturated rings. The molecule has 0 spiro atoms. The number of methoxy groups -OCH3 is 1. The molecule has 1 rings (SSSR count). The molecular weight excluding hydrogens is 166 g/mol. The van der Waals surface area contributed by atoms with E-state index in [4.69, 9.17) is 4.74 Å². The van der Waals surface area contributed by atoms with Gasteiger partial charge in [-0.1, -0.05) is 12.1 Å². The standard InChI is InChI=1S/C10H14NO2/c1-8-9(7-11(2)12)5-4-6-10(8)13-3/h4-6H,7H2,1-3H3/q+1. The van der Waals surface area contributed by atoms with E-state index in [0.717, 1.165) is 21.6 Å². The molecule has 13 heavy (non-hydrogen) atoms. The zero-order chi connectivity index (χ0) is 9.84. The average molecular weight is 180 g/mol. The van der Waals surface area contributed by atoms with Gasteiger partial charge in [-0.3, -0.25) is 0 Å². The number of hydrogen-bond acceptors (Lipinski definition) is 2. The molecule has 0 atom stereocenters. The van der Waals surface area contributed by atoms with Gasteiger partial charge in [0.05, 0.1) is 7.11 Å². The Labute approximate surface area is 77.9 Å². The summed E-state index contributed by atoms with van der Waals surface area (Å²) in [6.07, 6.45) is 0. The average Bonchev–Trinajstić information content (AvgIpc) is 2.08. The summed E-state index contributed by atoms with van der Waals surface area (Å²) < 4.78 is 6.05. The van der Waals surface area contributed by atoms with Gasteiger partial charge in [-0.25, -0.2) is 0 Å². The zero-order valence-corrected chi connectivity index (χ0v) is 8.20. The van der Waals surface area contributed by atoms with Gasteiger partial charge in [0, 0.05) is 16.0 Å². The zero-order valence-electron chi connectivity index (χ0n) is 8.20. The second-order valence-electron chi connectivity index (χ2n) is 3.03. The van der Waals surface area contributed by atoms with E-state index in [1.807, 2.05) is 25.1 Å². The predicted octanol–water partition coefficient (Wildman–Crippen LogP) is 1.91. The van der Waals surface area contributed by atoms with Crippen LogP contribution < -0.4 is 4.74 Å². The smallest absolute Gasteiger partial charge is 0.217 e.